The maximum atomic E-state index is 15.1. The number of amidine groups is 1. The van der Waals surface area contributed by atoms with E-state index in [9.17, 15) is 4.79 Å². The Morgan fingerprint density at radius 1 is 1.18 bits per heavy atom. The van der Waals surface area contributed by atoms with Crippen molar-refractivity contribution in [1.82, 2.24) is 24.8 Å². The lowest BCUT2D eigenvalue weighted by Crippen LogP contribution is -2.41. The van der Waals surface area contributed by atoms with Gasteiger partial charge in [-0.05, 0) is 80.6 Å². The topological polar surface area (TPSA) is 140 Å². The molecule has 6 N–H and O–H groups in total. The molecule has 1 aliphatic rings. The van der Waals surface area contributed by atoms with Gasteiger partial charge in [-0.2, -0.15) is 4.98 Å². The van der Waals surface area contributed by atoms with Crippen LogP contribution in [0.4, 0.5) is 4.39 Å². The summed E-state index contributed by atoms with van der Waals surface area (Å²) in [6.07, 6.45) is 5.09. The van der Waals surface area contributed by atoms with E-state index < -0.39 is 11.5 Å². The van der Waals surface area contributed by atoms with Crippen molar-refractivity contribution in [3.05, 3.63) is 81.1 Å². The number of aryl methyl sites for hydroxylation is 1. The lowest BCUT2D eigenvalue weighted by molar-refractivity contribution is 0.0451. The average Bonchev–Trinajstić information content (AvgIpc) is 3.43. The summed E-state index contributed by atoms with van der Waals surface area (Å²) in [7, 11) is 0. The number of hydrogen-bond donors (Lipinski definition) is 4. The summed E-state index contributed by atoms with van der Waals surface area (Å²) in [5.74, 6) is 0.153. The van der Waals surface area contributed by atoms with Crippen molar-refractivity contribution in [2.45, 2.75) is 45.2 Å². The lowest BCUT2D eigenvalue weighted by Gasteiger charge is -2.26. The number of nitrogens with zero attached hydrogens (tertiary/aromatic N) is 4. The minimum absolute atomic E-state index is 0.0572. The van der Waals surface area contributed by atoms with Crippen LogP contribution in [-0.2, 0) is 17.7 Å². The quantitative estimate of drug-likeness (QED) is 0.0932. The Labute approximate surface area is 267 Å². The second-order valence-electron chi connectivity index (χ2n) is 11.6. The van der Waals surface area contributed by atoms with Crippen molar-refractivity contribution < 1.29 is 9.13 Å². The third-order valence-corrected chi connectivity index (χ3v) is 8.15. The summed E-state index contributed by atoms with van der Waals surface area (Å²) < 4.78 is 21.9. The number of rotatable bonds is 14. The van der Waals surface area contributed by atoms with E-state index in [1.54, 1.807) is 24.4 Å². The fourth-order valence-electron chi connectivity index (χ4n) is 5.41. The highest BCUT2D eigenvalue weighted by atomic mass is 35.5. The van der Waals surface area contributed by atoms with Gasteiger partial charge in [-0.3, -0.25) is 14.5 Å². The van der Waals surface area contributed by atoms with Gasteiger partial charge in [0.1, 0.15) is 11.5 Å². The number of ether oxygens (including phenoxy) is 1. The molecule has 0 bridgehead atoms. The first-order chi connectivity index (χ1) is 21.8. The third-order valence-electron chi connectivity index (χ3n) is 7.87. The maximum Gasteiger partial charge on any atom is 0.354 e. The van der Waals surface area contributed by atoms with E-state index in [0.29, 0.717) is 53.4 Å². The molecule has 2 aromatic heterocycles. The fraction of sp³-hybridized carbons (Fsp3) is 0.424. The number of aromatic amines is 1. The molecular weight excluding hydrogens is 595 g/mol. The van der Waals surface area contributed by atoms with E-state index >= 15 is 4.39 Å². The zero-order valence-electron chi connectivity index (χ0n) is 25.7. The van der Waals surface area contributed by atoms with Crippen LogP contribution in [0.15, 0.2) is 58.4 Å². The first-order valence-electron chi connectivity index (χ1n) is 15.5. The minimum Gasteiger partial charge on any atom is -0.386 e. The van der Waals surface area contributed by atoms with E-state index in [0.717, 1.165) is 69.7 Å². The molecule has 2 aromatic carbocycles. The highest BCUT2D eigenvalue weighted by Gasteiger charge is 2.16. The predicted molar refractivity (Wildman–Crippen MR) is 179 cm³/mol. The Hall–Kier alpha value is -3.61. The van der Waals surface area contributed by atoms with Crippen LogP contribution in [0.2, 0.25) is 5.02 Å². The van der Waals surface area contributed by atoms with E-state index in [-0.39, 0.29) is 11.1 Å². The van der Waals surface area contributed by atoms with Crippen LogP contribution in [0.1, 0.15) is 37.3 Å². The van der Waals surface area contributed by atoms with Gasteiger partial charge in [-0.1, -0.05) is 23.7 Å². The largest absolute Gasteiger partial charge is 0.386 e. The number of nitrogens with two attached hydrogens (primary N) is 2. The molecule has 5 rings (SSSR count). The second-order valence-corrected chi connectivity index (χ2v) is 12.1. The molecule has 240 valence electrons. The van der Waals surface area contributed by atoms with Crippen molar-refractivity contribution >= 4 is 28.5 Å². The number of halogens is 2. The molecule has 1 atom stereocenters. The van der Waals surface area contributed by atoms with Crippen molar-refractivity contribution in [2.24, 2.45) is 16.5 Å². The van der Waals surface area contributed by atoms with Crippen LogP contribution < -0.4 is 22.5 Å². The predicted octanol–water partition coefficient (Wildman–Crippen LogP) is 4.01. The summed E-state index contributed by atoms with van der Waals surface area (Å²) >= 11 is 6.25. The maximum absolute atomic E-state index is 15.1. The second kappa shape index (κ2) is 15.6. The summed E-state index contributed by atoms with van der Waals surface area (Å²) in [5.41, 5.74) is 15.5. The zero-order valence-corrected chi connectivity index (χ0v) is 26.5. The van der Waals surface area contributed by atoms with Crippen molar-refractivity contribution in [1.29, 1.82) is 0 Å². The summed E-state index contributed by atoms with van der Waals surface area (Å²) in [5, 5.41) is 4.17. The van der Waals surface area contributed by atoms with Gasteiger partial charge in [0.05, 0.1) is 36.2 Å². The molecule has 0 radical (unpaired) electrons. The number of hydrogen-bond acceptors (Lipinski definition) is 7. The summed E-state index contributed by atoms with van der Waals surface area (Å²) in [6, 6.07) is 13.1. The number of fused-ring (bicyclic) bond motifs is 1. The Morgan fingerprint density at radius 2 is 1.96 bits per heavy atom. The first-order valence-corrected chi connectivity index (χ1v) is 15.9. The van der Waals surface area contributed by atoms with Gasteiger partial charge >= 0.3 is 5.69 Å². The molecule has 1 aliphatic heterocycles. The minimum atomic E-state index is -0.515. The van der Waals surface area contributed by atoms with Crippen LogP contribution in [0.3, 0.4) is 0 Å². The zero-order chi connectivity index (χ0) is 31.8. The van der Waals surface area contributed by atoms with E-state index in [1.807, 2.05) is 31.2 Å². The Kier molecular flexibility index (Phi) is 11.4. The fourth-order valence-corrected chi connectivity index (χ4v) is 5.65. The van der Waals surface area contributed by atoms with Gasteiger partial charge < -0.3 is 26.5 Å². The number of H-pyrrole nitrogens is 1. The van der Waals surface area contributed by atoms with Gasteiger partial charge in [0, 0.05) is 49.4 Å². The number of morpholine rings is 1. The van der Waals surface area contributed by atoms with Gasteiger partial charge in [-0.25, -0.2) is 9.18 Å². The molecule has 0 amide bonds. The number of benzene rings is 2. The van der Waals surface area contributed by atoms with Crippen molar-refractivity contribution in [2.75, 3.05) is 45.9 Å². The van der Waals surface area contributed by atoms with E-state index in [4.69, 9.17) is 27.8 Å². The molecule has 3 heterocycles. The van der Waals surface area contributed by atoms with E-state index in [1.165, 1.54) is 4.57 Å². The standard InChI is InChI=1S/C33H42ClFN8O2/c1-22(36)4-2-5-24-16-27(31(35)28(34)17-24)29-18-25-20-43(33(44)41-32(25)40-29)26-8-6-23(7-9-26)19-38-10-3-11-39-30(37)21-42-12-14-45-15-13-42/h6-9,16-18,20,22,38H,2-5,10-15,19,21,36H2,1H3,(H2,37,39)(H,40,41,44)/t22-/m0/s1. The van der Waals surface area contributed by atoms with Gasteiger partial charge in [0.2, 0.25) is 0 Å². The van der Waals surface area contributed by atoms with Crippen molar-refractivity contribution in [3.63, 3.8) is 0 Å². The molecule has 45 heavy (non-hydrogen) atoms. The Balaban J connectivity index is 1.18. The summed E-state index contributed by atoms with van der Waals surface area (Å²) in [4.78, 5) is 27.0. The molecule has 1 saturated heterocycles. The van der Waals surface area contributed by atoms with E-state index in [2.05, 4.69) is 25.2 Å². The molecule has 0 unspecified atom stereocenters. The third kappa shape index (κ3) is 8.99. The summed E-state index contributed by atoms with van der Waals surface area (Å²) in [6.45, 7) is 8.13. The molecule has 0 spiro atoms. The number of aromatic nitrogens is 3. The van der Waals surface area contributed by atoms with Gasteiger partial charge in [0.25, 0.3) is 0 Å². The van der Waals surface area contributed by atoms with Gasteiger partial charge in [0.15, 0.2) is 5.82 Å². The Bertz CT molecular complexity index is 1660. The molecule has 1 fully saturated rings. The highest BCUT2D eigenvalue weighted by molar-refractivity contribution is 6.31. The lowest BCUT2D eigenvalue weighted by atomic mass is 10.0. The van der Waals surface area contributed by atoms with Crippen LogP contribution in [-0.4, -0.2) is 77.2 Å². The highest BCUT2D eigenvalue weighted by Crippen LogP contribution is 2.31. The number of nitrogens with one attached hydrogen (secondary N) is 2. The molecule has 4 aromatic rings. The monoisotopic (exact) mass is 636 g/mol. The smallest absolute Gasteiger partial charge is 0.354 e. The van der Waals surface area contributed by atoms with Crippen LogP contribution in [0.25, 0.3) is 28.0 Å². The van der Waals surface area contributed by atoms with Crippen LogP contribution >= 0.6 is 11.6 Å². The Morgan fingerprint density at radius 3 is 2.71 bits per heavy atom. The molecule has 12 heteroatoms. The van der Waals surface area contributed by atoms with Crippen molar-refractivity contribution in [3.8, 4) is 16.9 Å². The van der Waals surface area contributed by atoms with Crippen LogP contribution in [0, 0.1) is 5.82 Å². The molecule has 10 nitrogen and oxygen atoms in total. The normalized spacial score (nSPS) is 15.2. The molecule has 0 aliphatic carbocycles. The van der Waals surface area contributed by atoms with Gasteiger partial charge in [-0.15, -0.1) is 0 Å². The molecular formula is C33H42ClFN8O2. The SMILES string of the molecule is C[C@H](N)CCCc1cc(Cl)c(F)c(-c2cc3cn(-c4ccc(CNCCCN=C(N)CN5CCOCC5)cc4)c(=O)nc3[nH]2)c1. The first kappa shape index (κ1) is 32.8. The number of aliphatic imine (C=N–C) groups is 1. The molecule has 0 saturated carbocycles. The van der Waals surface area contributed by atoms with Crippen LogP contribution in [0.5, 0.6) is 0 Å². The average molecular weight is 637 g/mol.